The fraction of sp³-hybridized carbons (Fsp3) is 0.357. The van der Waals surface area contributed by atoms with Crippen LogP contribution in [0.5, 0.6) is 0 Å². The molecule has 1 saturated carbocycles. The molecule has 0 N–H and O–H groups in total. The third-order valence-electron chi connectivity index (χ3n) is 6.26. The fourth-order valence-corrected chi connectivity index (χ4v) is 4.31. The van der Waals surface area contributed by atoms with Gasteiger partial charge in [0.2, 0.25) is 0 Å². The van der Waals surface area contributed by atoms with Crippen molar-refractivity contribution in [2.24, 2.45) is 5.92 Å². The zero-order chi connectivity index (χ0) is 22.5. The standard InChI is InChI=1S/C26H25F3.C2H6/c1-16-3-6-18(7-4-16)19-8-10-20(11-9-19)22-14-12-21(15-24(22)27)23-13-5-17(2)25(28)26(23)29;1-2/h5,8-16,18H,3-4,6-7H2,1-2H3;1-2H3. The molecule has 0 bridgehead atoms. The van der Waals surface area contributed by atoms with E-state index >= 15 is 0 Å². The van der Waals surface area contributed by atoms with E-state index in [0.717, 1.165) is 11.5 Å². The van der Waals surface area contributed by atoms with Crippen molar-refractivity contribution in [3.63, 3.8) is 0 Å². The second-order valence-corrected chi connectivity index (χ2v) is 8.33. The predicted octanol–water partition coefficient (Wildman–Crippen LogP) is 9.07. The highest BCUT2D eigenvalue weighted by atomic mass is 19.2. The van der Waals surface area contributed by atoms with Gasteiger partial charge >= 0.3 is 0 Å². The second-order valence-electron chi connectivity index (χ2n) is 8.33. The predicted molar refractivity (Wildman–Crippen MR) is 124 cm³/mol. The Kier molecular flexibility index (Phi) is 7.59. The summed E-state index contributed by atoms with van der Waals surface area (Å²) in [7, 11) is 0. The van der Waals surface area contributed by atoms with Gasteiger partial charge in [0.05, 0.1) is 0 Å². The van der Waals surface area contributed by atoms with Crippen molar-refractivity contribution in [2.75, 3.05) is 0 Å². The number of hydrogen-bond acceptors (Lipinski definition) is 0. The first kappa shape index (κ1) is 23.1. The van der Waals surface area contributed by atoms with Crippen LogP contribution in [0.15, 0.2) is 54.6 Å². The number of benzene rings is 3. The Labute approximate surface area is 184 Å². The van der Waals surface area contributed by atoms with E-state index in [-0.39, 0.29) is 11.1 Å². The largest absolute Gasteiger partial charge is 0.206 e. The molecule has 0 saturated heterocycles. The van der Waals surface area contributed by atoms with E-state index in [1.54, 1.807) is 12.1 Å². The van der Waals surface area contributed by atoms with Crippen LogP contribution >= 0.6 is 0 Å². The molecule has 0 spiro atoms. The van der Waals surface area contributed by atoms with Crippen molar-refractivity contribution in [3.8, 4) is 22.3 Å². The molecular formula is C28H31F3. The van der Waals surface area contributed by atoms with E-state index in [9.17, 15) is 13.2 Å². The van der Waals surface area contributed by atoms with Gasteiger partial charge in [-0.15, -0.1) is 0 Å². The highest BCUT2D eigenvalue weighted by Gasteiger charge is 2.20. The first-order valence-electron chi connectivity index (χ1n) is 11.3. The number of rotatable bonds is 3. The number of aryl methyl sites for hydroxylation is 1. The SMILES string of the molecule is CC.Cc1ccc(-c2ccc(-c3ccc(C4CCC(C)CC4)cc3)c(F)c2)c(F)c1F. The van der Waals surface area contributed by atoms with Crippen LogP contribution in [0.3, 0.4) is 0 Å². The van der Waals surface area contributed by atoms with Crippen LogP contribution in [-0.4, -0.2) is 0 Å². The van der Waals surface area contributed by atoms with Gasteiger partial charge in [0.15, 0.2) is 11.6 Å². The van der Waals surface area contributed by atoms with E-state index in [0.29, 0.717) is 17.0 Å². The van der Waals surface area contributed by atoms with Crippen LogP contribution in [-0.2, 0) is 0 Å². The first-order valence-corrected chi connectivity index (χ1v) is 11.3. The molecule has 1 aliphatic rings. The second kappa shape index (κ2) is 10.2. The Hall–Kier alpha value is -2.55. The molecule has 0 amide bonds. The maximum atomic E-state index is 14.8. The lowest BCUT2D eigenvalue weighted by atomic mass is 9.79. The zero-order valence-corrected chi connectivity index (χ0v) is 18.8. The summed E-state index contributed by atoms with van der Waals surface area (Å²) >= 11 is 0. The Morgan fingerprint density at radius 3 is 1.87 bits per heavy atom. The molecule has 0 radical (unpaired) electrons. The molecule has 0 aliphatic heterocycles. The van der Waals surface area contributed by atoms with Gasteiger partial charge in [0.25, 0.3) is 0 Å². The molecule has 0 atom stereocenters. The van der Waals surface area contributed by atoms with Crippen LogP contribution in [0.1, 0.15) is 63.5 Å². The van der Waals surface area contributed by atoms with Crippen molar-refractivity contribution in [1.29, 1.82) is 0 Å². The van der Waals surface area contributed by atoms with Crippen molar-refractivity contribution in [3.05, 3.63) is 83.2 Å². The van der Waals surface area contributed by atoms with Gasteiger partial charge in [-0.2, -0.15) is 0 Å². The summed E-state index contributed by atoms with van der Waals surface area (Å²) in [5, 5.41) is 0. The average Bonchev–Trinajstić information content (AvgIpc) is 2.80. The van der Waals surface area contributed by atoms with E-state index in [4.69, 9.17) is 0 Å². The number of halogens is 3. The van der Waals surface area contributed by atoms with Gasteiger partial charge in [0, 0.05) is 11.1 Å². The van der Waals surface area contributed by atoms with Gasteiger partial charge in [-0.1, -0.05) is 82.1 Å². The Bertz CT molecular complexity index is 1010. The lowest BCUT2D eigenvalue weighted by molar-refractivity contribution is 0.348. The molecule has 0 unspecified atom stereocenters. The van der Waals surface area contributed by atoms with Crippen LogP contribution in [0.4, 0.5) is 13.2 Å². The van der Waals surface area contributed by atoms with Gasteiger partial charge in [-0.05, 0) is 59.9 Å². The molecule has 3 aromatic rings. The zero-order valence-electron chi connectivity index (χ0n) is 18.8. The summed E-state index contributed by atoms with van der Waals surface area (Å²) in [6.45, 7) is 7.81. The first-order chi connectivity index (χ1) is 14.9. The minimum Gasteiger partial charge on any atom is -0.206 e. The summed E-state index contributed by atoms with van der Waals surface area (Å²) in [5.74, 6) is -0.873. The van der Waals surface area contributed by atoms with Crippen molar-refractivity contribution in [1.82, 2.24) is 0 Å². The molecule has 164 valence electrons. The van der Waals surface area contributed by atoms with Gasteiger partial charge in [0.1, 0.15) is 5.82 Å². The molecular weight excluding hydrogens is 393 g/mol. The summed E-state index contributed by atoms with van der Waals surface area (Å²) in [6, 6.07) is 15.7. The Balaban J connectivity index is 0.00000132. The molecule has 0 aromatic heterocycles. The molecule has 4 rings (SSSR count). The van der Waals surface area contributed by atoms with Crippen LogP contribution in [0.25, 0.3) is 22.3 Å². The lowest BCUT2D eigenvalue weighted by Crippen LogP contribution is -2.10. The minimum absolute atomic E-state index is 0.0698. The average molecular weight is 425 g/mol. The molecule has 3 heteroatoms. The fourth-order valence-electron chi connectivity index (χ4n) is 4.31. The van der Waals surface area contributed by atoms with E-state index < -0.39 is 17.5 Å². The summed E-state index contributed by atoms with van der Waals surface area (Å²) < 4.78 is 42.9. The van der Waals surface area contributed by atoms with Gasteiger partial charge in [-0.25, -0.2) is 13.2 Å². The normalized spacial score (nSPS) is 18.3. The van der Waals surface area contributed by atoms with E-state index in [1.807, 2.05) is 26.0 Å². The minimum atomic E-state index is -0.941. The molecule has 31 heavy (non-hydrogen) atoms. The maximum Gasteiger partial charge on any atom is 0.166 e. The number of hydrogen-bond donors (Lipinski definition) is 0. The van der Waals surface area contributed by atoms with Crippen molar-refractivity contribution < 1.29 is 13.2 Å². The summed E-state index contributed by atoms with van der Waals surface area (Å²) in [6.07, 6.45) is 4.95. The summed E-state index contributed by atoms with van der Waals surface area (Å²) in [4.78, 5) is 0. The summed E-state index contributed by atoms with van der Waals surface area (Å²) in [5.41, 5.74) is 3.20. The highest BCUT2D eigenvalue weighted by molar-refractivity contribution is 5.71. The lowest BCUT2D eigenvalue weighted by Gasteiger charge is -2.26. The third-order valence-corrected chi connectivity index (χ3v) is 6.26. The molecule has 1 fully saturated rings. The molecule has 0 nitrogen and oxygen atoms in total. The van der Waals surface area contributed by atoms with Crippen molar-refractivity contribution >= 4 is 0 Å². The quantitative estimate of drug-likeness (QED) is 0.393. The smallest absolute Gasteiger partial charge is 0.166 e. The molecule has 0 heterocycles. The monoisotopic (exact) mass is 424 g/mol. The Morgan fingerprint density at radius 2 is 1.26 bits per heavy atom. The van der Waals surface area contributed by atoms with Crippen LogP contribution < -0.4 is 0 Å². The third kappa shape index (κ3) is 5.03. The van der Waals surface area contributed by atoms with Gasteiger partial charge in [-0.3, -0.25) is 0 Å². The molecule has 1 aliphatic carbocycles. The Morgan fingerprint density at radius 1 is 0.677 bits per heavy atom. The van der Waals surface area contributed by atoms with Crippen LogP contribution in [0, 0.1) is 30.3 Å². The maximum absolute atomic E-state index is 14.8. The van der Waals surface area contributed by atoms with Crippen molar-refractivity contribution in [2.45, 2.75) is 59.3 Å². The highest BCUT2D eigenvalue weighted by Crippen LogP contribution is 2.37. The van der Waals surface area contributed by atoms with E-state index in [2.05, 4.69) is 19.1 Å². The van der Waals surface area contributed by atoms with Gasteiger partial charge < -0.3 is 0 Å². The van der Waals surface area contributed by atoms with Crippen LogP contribution in [0.2, 0.25) is 0 Å². The topological polar surface area (TPSA) is 0 Å². The van der Waals surface area contributed by atoms with E-state index in [1.165, 1.54) is 56.4 Å². The molecule has 3 aromatic carbocycles.